The summed E-state index contributed by atoms with van der Waals surface area (Å²) in [6.07, 6.45) is 1.90. The van der Waals surface area contributed by atoms with Gasteiger partial charge in [-0.3, -0.25) is 0 Å². The standard InChI is InChI=1S/C16H22FN3S/c1-4-20(14-7-5-6-13(17)8-14)16-19-11-15(21-16)10-18-9-12(2)3/h5-8,11-12,18H,4,9-10H2,1-3H3. The van der Waals surface area contributed by atoms with Gasteiger partial charge in [-0.25, -0.2) is 9.37 Å². The van der Waals surface area contributed by atoms with Crippen LogP contribution in [0.2, 0.25) is 0 Å². The maximum Gasteiger partial charge on any atom is 0.190 e. The van der Waals surface area contributed by atoms with E-state index < -0.39 is 0 Å². The number of rotatable bonds is 7. The van der Waals surface area contributed by atoms with Crippen LogP contribution >= 0.6 is 11.3 Å². The molecule has 0 aliphatic carbocycles. The number of anilines is 2. The van der Waals surface area contributed by atoms with E-state index in [1.54, 1.807) is 23.5 Å². The van der Waals surface area contributed by atoms with Crippen LogP contribution in [0.15, 0.2) is 30.5 Å². The number of hydrogen-bond donors (Lipinski definition) is 1. The Morgan fingerprint density at radius 3 is 2.86 bits per heavy atom. The van der Waals surface area contributed by atoms with Gasteiger partial charge in [0.15, 0.2) is 5.13 Å². The molecule has 0 amide bonds. The fourth-order valence-corrected chi connectivity index (χ4v) is 3.02. The molecular weight excluding hydrogens is 285 g/mol. The predicted octanol–water partition coefficient (Wildman–Crippen LogP) is 4.19. The van der Waals surface area contributed by atoms with Crippen molar-refractivity contribution in [3.63, 3.8) is 0 Å². The molecule has 3 nitrogen and oxygen atoms in total. The van der Waals surface area contributed by atoms with Crippen LogP contribution in [0.1, 0.15) is 25.6 Å². The Balaban J connectivity index is 2.07. The third kappa shape index (κ3) is 4.51. The zero-order chi connectivity index (χ0) is 15.2. The summed E-state index contributed by atoms with van der Waals surface area (Å²) < 4.78 is 13.4. The van der Waals surface area contributed by atoms with E-state index in [1.807, 2.05) is 24.1 Å². The summed E-state index contributed by atoms with van der Waals surface area (Å²) in [7, 11) is 0. The summed E-state index contributed by atoms with van der Waals surface area (Å²) in [6, 6.07) is 6.64. The zero-order valence-electron chi connectivity index (χ0n) is 12.8. The van der Waals surface area contributed by atoms with Crippen LogP contribution in [0.3, 0.4) is 0 Å². The molecule has 1 aromatic carbocycles. The van der Waals surface area contributed by atoms with Crippen molar-refractivity contribution in [3.8, 4) is 0 Å². The molecule has 0 saturated heterocycles. The van der Waals surface area contributed by atoms with E-state index in [9.17, 15) is 4.39 Å². The lowest BCUT2D eigenvalue weighted by atomic mass is 10.2. The van der Waals surface area contributed by atoms with Gasteiger partial charge < -0.3 is 10.2 Å². The van der Waals surface area contributed by atoms with Gasteiger partial charge in [0.05, 0.1) is 0 Å². The molecular formula is C16H22FN3S. The van der Waals surface area contributed by atoms with Crippen LogP contribution in [0, 0.1) is 11.7 Å². The van der Waals surface area contributed by atoms with E-state index >= 15 is 0 Å². The molecule has 0 saturated carbocycles. The molecule has 5 heteroatoms. The highest BCUT2D eigenvalue weighted by molar-refractivity contribution is 7.15. The van der Waals surface area contributed by atoms with Gasteiger partial charge in [-0.2, -0.15) is 0 Å². The van der Waals surface area contributed by atoms with E-state index in [-0.39, 0.29) is 5.82 Å². The van der Waals surface area contributed by atoms with Crippen LogP contribution in [0.5, 0.6) is 0 Å². The predicted molar refractivity (Wildman–Crippen MR) is 87.7 cm³/mol. The van der Waals surface area contributed by atoms with Gasteiger partial charge in [-0.15, -0.1) is 11.3 Å². The number of nitrogens with zero attached hydrogens (tertiary/aromatic N) is 2. The van der Waals surface area contributed by atoms with Crippen molar-refractivity contribution in [2.45, 2.75) is 27.3 Å². The highest BCUT2D eigenvalue weighted by Crippen LogP contribution is 2.29. The van der Waals surface area contributed by atoms with E-state index in [4.69, 9.17) is 0 Å². The van der Waals surface area contributed by atoms with Gasteiger partial charge in [0.1, 0.15) is 5.82 Å². The molecule has 0 aliphatic rings. The van der Waals surface area contributed by atoms with Gasteiger partial charge in [-0.05, 0) is 37.6 Å². The first-order valence-electron chi connectivity index (χ1n) is 7.28. The largest absolute Gasteiger partial charge is 0.318 e. The third-order valence-electron chi connectivity index (χ3n) is 3.06. The third-order valence-corrected chi connectivity index (χ3v) is 4.08. The highest BCUT2D eigenvalue weighted by Gasteiger charge is 2.12. The molecule has 0 fully saturated rings. The highest BCUT2D eigenvalue weighted by atomic mass is 32.1. The smallest absolute Gasteiger partial charge is 0.190 e. The number of halogens is 1. The van der Waals surface area contributed by atoms with Gasteiger partial charge in [0, 0.05) is 29.9 Å². The van der Waals surface area contributed by atoms with Crippen molar-refractivity contribution in [1.82, 2.24) is 10.3 Å². The molecule has 2 rings (SSSR count). The zero-order valence-corrected chi connectivity index (χ0v) is 13.6. The molecule has 114 valence electrons. The molecule has 0 radical (unpaired) electrons. The Bertz CT molecular complexity index is 568. The van der Waals surface area contributed by atoms with Crippen LogP contribution in [0.25, 0.3) is 0 Å². The van der Waals surface area contributed by atoms with E-state index in [2.05, 4.69) is 24.1 Å². The average Bonchev–Trinajstić information content (AvgIpc) is 2.88. The summed E-state index contributed by atoms with van der Waals surface area (Å²) in [6.45, 7) is 9.01. The van der Waals surface area contributed by atoms with E-state index in [0.29, 0.717) is 5.92 Å². The Morgan fingerprint density at radius 2 is 2.19 bits per heavy atom. The van der Waals surface area contributed by atoms with Gasteiger partial charge in [0.2, 0.25) is 0 Å². The first-order valence-corrected chi connectivity index (χ1v) is 8.10. The van der Waals surface area contributed by atoms with Crippen LogP contribution in [0.4, 0.5) is 15.2 Å². The lowest BCUT2D eigenvalue weighted by molar-refractivity contribution is 0.554. The molecule has 1 aromatic heterocycles. The van der Waals surface area contributed by atoms with Gasteiger partial charge in [0.25, 0.3) is 0 Å². The second-order valence-corrected chi connectivity index (χ2v) is 6.45. The van der Waals surface area contributed by atoms with Crippen LogP contribution in [-0.4, -0.2) is 18.1 Å². The summed E-state index contributed by atoms with van der Waals surface area (Å²) in [4.78, 5) is 7.70. The average molecular weight is 307 g/mol. The van der Waals surface area contributed by atoms with Crippen molar-refractivity contribution >= 4 is 22.2 Å². The Labute approximate surface area is 129 Å². The molecule has 0 spiro atoms. The second kappa shape index (κ2) is 7.52. The van der Waals surface area contributed by atoms with Crippen molar-refractivity contribution in [2.75, 3.05) is 18.0 Å². The first kappa shape index (κ1) is 15.9. The number of thiazole rings is 1. The maximum absolute atomic E-state index is 13.4. The van der Waals surface area contributed by atoms with Crippen molar-refractivity contribution < 1.29 is 4.39 Å². The Kier molecular flexibility index (Phi) is 5.70. The SMILES string of the molecule is CCN(c1cccc(F)c1)c1ncc(CNCC(C)C)s1. The molecule has 2 aromatic rings. The summed E-state index contributed by atoms with van der Waals surface area (Å²) in [5, 5.41) is 4.32. The lowest BCUT2D eigenvalue weighted by Gasteiger charge is -2.19. The van der Waals surface area contributed by atoms with E-state index in [0.717, 1.165) is 30.5 Å². The molecule has 0 unspecified atom stereocenters. The topological polar surface area (TPSA) is 28.2 Å². The van der Waals surface area contributed by atoms with Crippen molar-refractivity contribution in [2.24, 2.45) is 5.92 Å². The minimum Gasteiger partial charge on any atom is -0.318 e. The fraction of sp³-hybridized carbons (Fsp3) is 0.438. The second-order valence-electron chi connectivity index (χ2n) is 5.36. The van der Waals surface area contributed by atoms with E-state index in [1.165, 1.54) is 10.9 Å². The normalized spacial score (nSPS) is 11.1. The Morgan fingerprint density at radius 1 is 1.38 bits per heavy atom. The molecule has 21 heavy (non-hydrogen) atoms. The summed E-state index contributed by atoms with van der Waals surface area (Å²) in [5.41, 5.74) is 0.841. The quantitative estimate of drug-likeness (QED) is 0.831. The summed E-state index contributed by atoms with van der Waals surface area (Å²) >= 11 is 1.65. The van der Waals surface area contributed by atoms with Crippen molar-refractivity contribution in [1.29, 1.82) is 0 Å². The molecule has 0 aliphatic heterocycles. The molecule has 0 atom stereocenters. The minimum atomic E-state index is -0.221. The number of aromatic nitrogens is 1. The number of benzene rings is 1. The van der Waals surface area contributed by atoms with Gasteiger partial charge >= 0.3 is 0 Å². The number of nitrogens with one attached hydrogen (secondary N) is 1. The number of hydrogen-bond acceptors (Lipinski definition) is 4. The van der Waals surface area contributed by atoms with Crippen molar-refractivity contribution in [3.05, 3.63) is 41.2 Å². The van der Waals surface area contributed by atoms with Crippen LogP contribution in [-0.2, 0) is 6.54 Å². The van der Waals surface area contributed by atoms with Crippen LogP contribution < -0.4 is 10.2 Å². The first-order chi connectivity index (χ1) is 10.1. The minimum absolute atomic E-state index is 0.221. The monoisotopic (exact) mass is 307 g/mol. The lowest BCUT2D eigenvalue weighted by Crippen LogP contribution is -2.18. The maximum atomic E-state index is 13.4. The molecule has 1 N–H and O–H groups in total. The molecule has 0 bridgehead atoms. The fourth-order valence-electron chi connectivity index (χ4n) is 2.06. The molecule has 1 heterocycles. The summed E-state index contributed by atoms with van der Waals surface area (Å²) in [5.74, 6) is 0.415. The Hall–Kier alpha value is -1.46. The van der Waals surface area contributed by atoms with Gasteiger partial charge in [-0.1, -0.05) is 19.9 Å².